The van der Waals surface area contributed by atoms with Gasteiger partial charge in [-0.25, -0.2) is 4.39 Å². The highest BCUT2D eigenvalue weighted by Crippen LogP contribution is 2.39. The molecule has 0 radical (unpaired) electrons. The van der Waals surface area contributed by atoms with Crippen LogP contribution >= 0.6 is 23.4 Å². The Labute approximate surface area is 227 Å². The van der Waals surface area contributed by atoms with Gasteiger partial charge in [0.05, 0.1) is 17.0 Å². The molecule has 2 aliphatic heterocycles. The number of benzene rings is 2. The van der Waals surface area contributed by atoms with Crippen molar-refractivity contribution in [3.8, 4) is 11.5 Å². The van der Waals surface area contributed by atoms with Crippen molar-refractivity contribution in [2.75, 3.05) is 38.7 Å². The number of rotatable bonds is 8. The third-order valence-corrected chi connectivity index (χ3v) is 7.09. The number of thioether (sulfide) groups is 1. The first kappa shape index (κ1) is 27.5. The maximum Gasteiger partial charge on any atom is 0.294 e. The van der Waals surface area contributed by atoms with Gasteiger partial charge in [0, 0.05) is 18.8 Å². The fourth-order valence-corrected chi connectivity index (χ4v) is 5.11. The number of hydrogen-bond acceptors (Lipinski definition) is 7. The van der Waals surface area contributed by atoms with Crippen molar-refractivity contribution in [3.63, 3.8) is 0 Å². The van der Waals surface area contributed by atoms with E-state index in [2.05, 4.69) is 5.32 Å². The molecule has 38 heavy (non-hydrogen) atoms. The molecule has 0 saturated carbocycles. The summed E-state index contributed by atoms with van der Waals surface area (Å²) in [7, 11) is 1.39. The van der Waals surface area contributed by atoms with Gasteiger partial charge in [0.25, 0.3) is 17.1 Å². The molecule has 0 aliphatic carbocycles. The number of ether oxygens (including phenoxy) is 2. The van der Waals surface area contributed by atoms with Gasteiger partial charge < -0.3 is 19.7 Å². The van der Waals surface area contributed by atoms with Gasteiger partial charge in [-0.05, 0) is 79.1 Å². The number of methoxy groups -OCH3 is 1. The lowest BCUT2D eigenvalue weighted by atomic mass is 10.1. The van der Waals surface area contributed by atoms with Crippen LogP contribution in [-0.4, -0.2) is 66.1 Å². The smallest absolute Gasteiger partial charge is 0.294 e. The van der Waals surface area contributed by atoms with E-state index in [4.69, 9.17) is 21.1 Å². The zero-order chi connectivity index (χ0) is 27.2. The second-order valence-electron chi connectivity index (χ2n) is 8.59. The van der Waals surface area contributed by atoms with E-state index in [-0.39, 0.29) is 33.9 Å². The normalized spacial score (nSPS) is 16.7. The molecule has 0 aromatic heterocycles. The number of halogens is 2. The number of nitrogens with one attached hydrogen (secondary N) is 1. The number of amides is 4. The van der Waals surface area contributed by atoms with Crippen molar-refractivity contribution in [3.05, 3.63) is 57.7 Å². The second kappa shape index (κ2) is 12.3. The minimum absolute atomic E-state index is 0.112. The van der Waals surface area contributed by atoms with Crippen LogP contribution in [-0.2, 0) is 14.4 Å². The van der Waals surface area contributed by atoms with Gasteiger partial charge in [-0.15, -0.1) is 0 Å². The summed E-state index contributed by atoms with van der Waals surface area (Å²) in [5.41, 5.74) is 0.864. The lowest BCUT2D eigenvalue weighted by molar-refractivity contribution is -0.136. The molecule has 0 atom stereocenters. The van der Waals surface area contributed by atoms with Crippen LogP contribution in [0.4, 0.5) is 14.9 Å². The van der Waals surface area contributed by atoms with Crippen LogP contribution < -0.4 is 14.8 Å². The molecule has 12 heteroatoms. The van der Waals surface area contributed by atoms with Gasteiger partial charge in [0.1, 0.15) is 12.4 Å². The minimum Gasteiger partial charge on any atom is -0.493 e. The summed E-state index contributed by atoms with van der Waals surface area (Å²) < 4.78 is 23.9. The SMILES string of the molecule is COc1cc(/C=C2\SC(=O)N(CC(=O)N3CCCCC3)C2=O)cc(Cl)c1OCC(=O)Nc1ccc(F)cc1. The maximum atomic E-state index is 13.0. The van der Waals surface area contributed by atoms with E-state index in [1.54, 1.807) is 11.0 Å². The van der Waals surface area contributed by atoms with Crippen LogP contribution in [0.3, 0.4) is 0 Å². The molecule has 2 aliphatic rings. The highest BCUT2D eigenvalue weighted by molar-refractivity contribution is 8.18. The first-order valence-corrected chi connectivity index (χ1v) is 13.0. The van der Waals surface area contributed by atoms with Gasteiger partial charge in [0.15, 0.2) is 18.1 Å². The number of imide groups is 1. The summed E-state index contributed by atoms with van der Waals surface area (Å²) in [6.45, 7) is 0.576. The number of piperidine rings is 1. The van der Waals surface area contributed by atoms with E-state index in [9.17, 15) is 23.6 Å². The van der Waals surface area contributed by atoms with Gasteiger partial charge in [-0.3, -0.25) is 24.1 Å². The number of hydrogen-bond donors (Lipinski definition) is 1. The fourth-order valence-electron chi connectivity index (χ4n) is 4.00. The van der Waals surface area contributed by atoms with Crippen molar-refractivity contribution in [2.24, 2.45) is 0 Å². The van der Waals surface area contributed by atoms with E-state index >= 15 is 0 Å². The van der Waals surface area contributed by atoms with Crippen molar-refractivity contribution < 1.29 is 33.0 Å². The average molecular weight is 562 g/mol. The van der Waals surface area contributed by atoms with Crippen LogP contribution in [0.2, 0.25) is 5.02 Å². The average Bonchev–Trinajstić information content (AvgIpc) is 3.16. The maximum absolute atomic E-state index is 13.0. The summed E-state index contributed by atoms with van der Waals surface area (Å²) in [5.74, 6) is -1.40. The Kier molecular flexibility index (Phi) is 8.90. The van der Waals surface area contributed by atoms with E-state index in [1.165, 1.54) is 43.5 Å². The lowest BCUT2D eigenvalue weighted by Gasteiger charge is -2.27. The van der Waals surface area contributed by atoms with Crippen molar-refractivity contribution in [1.29, 1.82) is 0 Å². The number of nitrogens with zero attached hydrogens (tertiary/aromatic N) is 2. The molecule has 200 valence electrons. The quantitative estimate of drug-likeness (QED) is 0.471. The number of likely N-dealkylation sites (tertiary alicyclic amines) is 1. The summed E-state index contributed by atoms with van der Waals surface area (Å²) in [6.07, 6.45) is 4.37. The van der Waals surface area contributed by atoms with E-state index in [1.807, 2.05) is 0 Å². The molecule has 1 N–H and O–H groups in total. The predicted molar refractivity (Wildman–Crippen MR) is 142 cm³/mol. The van der Waals surface area contributed by atoms with Gasteiger partial charge >= 0.3 is 0 Å². The second-order valence-corrected chi connectivity index (χ2v) is 9.99. The van der Waals surface area contributed by atoms with Crippen molar-refractivity contribution in [2.45, 2.75) is 19.3 Å². The molecular formula is C26H25ClFN3O6S. The molecule has 0 spiro atoms. The van der Waals surface area contributed by atoms with Crippen LogP contribution in [0.25, 0.3) is 6.08 Å². The molecule has 4 rings (SSSR count). The summed E-state index contributed by atoms with van der Waals surface area (Å²) in [5, 5.41) is 2.17. The Balaban J connectivity index is 1.42. The zero-order valence-electron chi connectivity index (χ0n) is 20.5. The molecule has 2 aromatic rings. The lowest BCUT2D eigenvalue weighted by Crippen LogP contribution is -2.44. The van der Waals surface area contributed by atoms with E-state index in [0.717, 1.165) is 35.9 Å². The molecule has 9 nitrogen and oxygen atoms in total. The summed E-state index contributed by atoms with van der Waals surface area (Å²) in [6, 6.07) is 8.32. The third-order valence-electron chi connectivity index (χ3n) is 5.90. The standard InChI is InChI=1S/C26H25ClFN3O6S/c1-36-20-12-16(11-19(27)24(20)37-15-22(32)29-18-7-5-17(28)6-8-18)13-21-25(34)31(26(35)38-21)14-23(33)30-9-3-2-4-10-30/h5-8,11-13H,2-4,9-10,14-15H2,1H3,(H,29,32)/b21-13-. The molecule has 2 heterocycles. The predicted octanol–water partition coefficient (Wildman–Crippen LogP) is 4.55. The molecule has 2 aromatic carbocycles. The Morgan fingerprint density at radius 1 is 1.13 bits per heavy atom. The Morgan fingerprint density at radius 2 is 1.84 bits per heavy atom. The van der Waals surface area contributed by atoms with Crippen LogP contribution in [0, 0.1) is 5.82 Å². The van der Waals surface area contributed by atoms with Crippen LogP contribution in [0.1, 0.15) is 24.8 Å². The molecule has 4 amide bonds. The fraction of sp³-hybridized carbons (Fsp3) is 0.308. The Hall–Kier alpha value is -3.57. The number of carbonyl (C=O) groups excluding carboxylic acids is 4. The number of carbonyl (C=O) groups is 4. The monoisotopic (exact) mass is 561 g/mol. The topological polar surface area (TPSA) is 105 Å². The largest absolute Gasteiger partial charge is 0.493 e. The van der Waals surface area contributed by atoms with Crippen molar-refractivity contribution >= 4 is 58.1 Å². The van der Waals surface area contributed by atoms with Crippen molar-refractivity contribution in [1.82, 2.24) is 9.80 Å². The molecule has 0 bridgehead atoms. The Morgan fingerprint density at radius 3 is 2.53 bits per heavy atom. The zero-order valence-corrected chi connectivity index (χ0v) is 22.1. The summed E-state index contributed by atoms with van der Waals surface area (Å²) in [4.78, 5) is 52.9. The van der Waals surface area contributed by atoms with Gasteiger partial charge in [-0.2, -0.15) is 0 Å². The third kappa shape index (κ3) is 6.65. The molecular weight excluding hydrogens is 537 g/mol. The first-order valence-electron chi connectivity index (χ1n) is 11.8. The molecule has 0 unspecified atom stereocenters. The highest BCUT2D eigenvalue weighted by atomic mass is 35.5. The number of anilines is 1. The first-order chi connectivity index (χ1) is 18.2. The Bertz CT molecular complexity index is 1280. The van der Waals surface area contributed by atoms with Gasteiger partial charge in [-0.1, -0.05) is 11.6 Å². The minimum atomic E-state index is -0.557. The van der Waals surface area contributed by atoms with Gasteiger partial charge in [0.2, 0.25) is 5.91 Å². The molecule has 2 fully saturated rings. The van der Waals surface area contributed by atoms with Crippen LogP contribution in [0.15, 0.2) is 41.3 Å². The van der Waals surface area contributed by atoms with E-state index in [0.29, 0.717) is 24.3 Å². The highest BCUT2D eigenvalue weighted by Gasteiger charge is 2.37. The molecule has 2 saturated heterocycles. The van der Waals surface area contributed by atoms with Crippen LogP contribution in [0.5, 0.6) is 11.5 Å². The summed E-state index contributed by atoms with van der Waals surface area (Å²) >= 11 is 7.12. The van der Waals surface area contributed by atoms with E-state index < -0.39 is 29.5 Å².